The Hall–Kier alpha value is -3.09. The van der Waals surface area contributed by atoms with Crippen LogP contribution in [0.1, 0.15) is 18.0 Å². The van der Waals surface area contributed by atoms with Gasteiger partial charge in [0.2, 0.25) is 5.82 Å². The summed E-state index contributed by atoms with van der Waals surface area (Å²) in [4.78, 5) is 5.74. The first-order chi connectivity index (χ1) is 13.6. The van der Waals surface area contributed by atoms with Gasteiger partial charge in [0.15, 0.2) is 0 Å². The van der Waals surface area contributed by atoms with Crippen LogP contribution in [0.3, 0.4) is 0 Å². The van der Waals surface area contributed by atoms with E-state index in [4.69, 9.17) is 0 Å². The predicted octanol–water partition coefficient (Wildman–Crippen LogP) is 4.77. The molecule has 1 atom stereocenters. The first kappa shape index (κ1) is 18.3. The number of halogens is 1. The maximum Gasteiger partial charge on any atom is 0.204 e. The molecule has 0 amide bonds. The van der Waals surface area contributed by atoms with Crippen LogP contribution < -0.4 is 0 Å². The lowest BCUT2D eigenvalue weighted by Gasteiger charge is -2.10. The summed E-state index contributed by atoms with van der Waals surface area (Å²) < 4.78 is 1.90. The fourth-order valence-electron chi connectivity index (χ4n) is 2.62. The summed E-state index contributed by atoms with van der Waals surface area (Å²) in [5.74, 6) is 0.284. The number of aromatic nitrogens is 5. The molecule has 0 aliphatic heterocycles. The van der Waals surface area contributed by atoms with Crippen LogP contribution in [-0.4, -0.2) is 30.3 Å². The minimum atomic E-state index is -0.668. The molecule has 0 aliphatic carbocycles. The minimum Gasteiger partial charge on any atom is -0.508 e. The Morgan fingerprint density at radius 3 is 2.68 bits per heavy atom. The van der Waals surface area contributed by atoms with E-state index in [0.29, 0.717) is 10.8 Å². The van der Waals surface area contributed by atoms with Gasteiger partial charge in [-0.3, -0.25) is 0 Å². The number of hydrogen-bond acceptors (Lipinski definition) is 7. The number of thiazole rings is 1. The number of rotatable bonds is 4. The highest BCUT2D eigenvalue weighted by Crippen LogP contribution is 2.30. The maximum atomic E-state index is 10.7. The SMILES string of the molecule is CC(/C(O)=C(/C#N)c1nc2ccccc2s1)n1nnc(-c2ccc(Br)cc2)n1. The van der Waals surface area contributed by atoms with Crippen molar-refractivity contribution >= 4 is 43.1 Å². The molecule has 4 aromatic rings. The van der Waals surface area contributed by atoms with Crippen LogP contribution in [0.4, 0.5) is 0 Å². The van der Waals surface area contributed by atoms with Crippen molar-refractivity contribution in [2.75, 3.05) is 0 Å². The predicted molar refractivity (Wildman–Crippen MR) is 110 cm³/mol. The minimum absolute atomic E-state index is 0.108. The number of aliphatic hydroxyl groups excluding tert-OH is 1. The zero-order valence-electron chi connectivity index (χ0n) is 14.6. The first-order valence-corrected chi connectivity index (χ1v) is 9.92. The molecule has 138 valence electrons. The zero-order valence-corrected chi connectivity index (χ0v) is 17.0. The molecule has 0 saturated carbocycles. The Morgan fingerprint density at radius 2 is 1.96 bits per heavy atom. The van der Waals surface area contributed by atoms with E-state index in [-0.39, 0.29) is 11.3 Å². The number of hydrogen-bond donors (Lipinski definition) is 1. The van der Waals surface area contributed by atoms with Gasteiger partial charge in [-0.1, -0.05) is 28.1 Å². The van der Waals surface area contributed by atoms with Gasteiger partial charge >= 0.3 is 0 Å². The Labute approximate surface area is 172 Å². The van der Waals surface area contributed by atoms with Crippen LogP contribution in [0.25, 0.3) is 27.2 Å². The van der Waals surface area contributed by atoms with E-state index in [1.807, 2.05) is 48.5 Å². The maximum absolute atomic E-state index is 10.7. The Kier molecular flexibility index (Phi) is 4.90. The van der Waals surface area contributed by atoms with Crippen molar-refractivity contribution in [3.8, 4) is 17.5 Å². The van der Waals surface area contributed by atoms with Crippen molar-refractivity contribution in [1.29, 1.82) is 5.26 Å². The van der Waals surface area contributed by atoms with E-state index >= 15 is 0 Å². The highest BCUT2D eigenvalue weighted by atomic mass is 79.9. The smallest absolute Gasteiger partial charge is 0.204 e. The van der Waals surface area contributed by atoms with E-state index in [1.165, 1.54) is 16.1 Å². The van der Waals surface area contributed by atoms with E-state index in [2.05, 4.69) is 42.4 Å². The zero-order chi connectivity index (χ0) is 19.7. The molecular weight excluding hydrogens is 440 g/mol. The molecule has 1 unspecified atom stereocenters. The lowest BCUT2D eigenvalue weighted by atomic mass is 10.1. The molecule has 0 bridgehead atoms. The van der Waals surface area contributed by atoms with Gasteiger partial charge in [-0.2, -0.15) is 10.1 Å². The summed E-state index contributed by atoms with van der Waals surface area (Å²) in [6, 6.07) is 16.5. The van der Waals surface area contributed by atoms with Gasteiger partial charge in [0.05, 0.1) is 10.2 Å². The summed E-state index contributed by atoms with van der Waals surface area (Å²) in [5, 5.41) is 33.2. The van der Waals surface area contributed by atoms with E-state index < -0.39 is 6.04 Å². The number of benzene rings is 2. The van der Waals surface area contributed by atoms with E-state index in [0.717, 1.165) is 20.3 Å². The lowest BCUT2D eigenvalue weighted by Crippen LogP contribution is -2.13. The molecule has 7 nitrogen and oxygen atoms in total. The quantitative estimate of drug-likeness (QED) is 0.353. The Bertz CT molecular complexity index is 1190. The topological polar surface area (TPSA) is 101 Å². The van der Waals surface area contributed by atoms with Gasteiger partial charge in [0, 0.05) is 10.0 Å². The molecule has 1 N–H and O–H groups in total. The number of fused-ring (bicyclic) bond motifs is 1. The molecule has 0 spiro atoms. The van der Waals surface area contributed by atoms with Gasteiger partial charge in [-0.25, -0.2) is 4.98 Å². The molecule has 9 heteroatoms. The van der Waals surface area contributed by atoms with Crippen LogP contribution >= 0.6 is 27.3 Å². The monoisotopic (exact) mass is 452 g/mol. The van der Waals surface area contributed by atoms with E-state index in [1.54, 1.807) is 6.92 Å². The standard InChI is InChI=1S/C19H13BrN6OS/c1-11(26-24-18(23-25-26)12-6-8-13(20)9-7-12)17(27)14(10-21)19-22-15-4-2-3-5-16(15)28-19/h2-9,11,27H,1H3/b17-14+. The summed E-state index contributed by atoms with van der Waals surface area (Å²) >= 11 is 4.74. The van der Waals surface area contributed by atoms with Crippen LogP contribution in [0.5, 0.6) is 0 Å². The van der Waals surface area contributed by atoms with Crippen LogP contribution in [0.2, 0.25) is 0 Å². The molecule has 2 heterocycles. The molecule has 0 radical (unpaired) electrons. The third-order valence-corrected chi connectivity index (χ3v) is 5.73. The van der Waals surface area contributed by atoms with Gasteiger partial charge in [0.1, 0.15) is 28.5 Å². The fourth-order valence-corrected chi connectivity index (χ4v) is 3.85. The molecule has 0 fully saturated rings. The molecule has 0 saturated heterocycles. The van der Waals surface area contributed by atoms with Crippen molar-refractivity contribution in [3.63, 3.8) is 0 Å². The van der Waals surface area contributed by atoms with Crippen LogP contribution in [-0.2, 0) is 0 Å². The van der Waals surface area contributed by atoms with Gasteiger partial charge in [-0.15, -0.1) is 21.5 Å². The summed E-state index contributed by atoms with van der Waals surface area (Å²) in [6.45, 7) is 1.70. The van der Waals surface area contributed by atoms with Crippen LogP contribution in [0, 0.1) is 11.3 Å². The van der Waals surface area contributed by atoms with Gasteiger partial charge in [-0.05, 0) is 48.5 Å². The second-order valence-electron chi connectivity index (χ2n) is 5.98. The van der Waals surface area contributed by atoms with E-state index in [9.17, 15) is 10.4 Å². The first-order valence-electron chi connectivity index (χ1n) is 8.31. The largest absolute Gasteiger partial charge is 0.508 e. The van der Waals surface area contributed by atoms with Crippen molar-refractivity contribution in [2.45, 2.75) is 13.0 Å². The average molecular weight is 453 g/mol. The number of para-hydroxylation sites is 1. The number of aliphatic hydroxyl groups is 1. The lowest BCUT2D eigenvalue weighted by molar-refractivity contribution is 0.311. The summed E-state index contributed by atoms with van der Waals surface area (Å²) in [5.41, 5.74) is 1.69. The molecule has 0 aliphatic rings. The fraction of sp³-hybridized carbons (Fsp3) is 0.105. The van der Waals surface area contributed by atoms with Gasteiger partial charge in [0.25, 0.3) is 0 Å². The Balaban J connectivity index is 1.68. The molecule has 2 aromatic carbocycles. The number of allylic oxidation sites excluding steroid dienone is 2. The van der Waals surface area contributed by atoms with Crippen molar-refractivity contribution < 1.29 is 5.11 Å². The third kappa shape index (κ3) is 3.40. The van der Waals surface area contributed by atoms with Crippen LogP contribution in [0.15, 0.2) is 58.8 Å². The second-order valence-corrected chi connectivity index (χ2v) is 7.92. The van der Waals surface area contributed by atoms with Crippen molar-refractivity contribution in [1.82, 2.24) is 25.2 Å². The van der Waals surface area contributed by atoms with Crippen molar-refractivity contribution in [3.05, 3.63) is 63.8 Å². The normalized spacial score (nSPS) is 13.2. The molecule has 4 rings (SSSR count). The highest BCUT2D eigenvalue weighted by molar-refractivity contribution is 9.10. The number of tetrazole rings is 1. The molecular formula is C19H13BrN6OS. The number of nitriles is 1. The average Bonchev–Trinajstić information content (AvgIpc) is 3.35. The molecule has 28 heavy (non-hydrogen) atoms. The third-order valence-electron chi connectivity index (χ3n) is 4.15. The second kappa shape index (κ2) is 7.50. The highest BCUT2D eigenvalue weighted by Gasteiger charge is 2.22. The Morgan fingerprint density at radius 1 is 1.21 bits per heavy atom. The summed E-state index contributed by atoms with van der Waals surface area (Å²) in [6.07, 6.45) is 0. The summed E-state index contributed by atoms with van der Waals surface area (Å²) in [7, 11) is 0. The van der Waals surface area contributed by atoms with Gasteiger partial charge < -0.3 is 5.11 Å². The number of nitrogens with zero attached hydrogens (tertiary/aromatic N) is 6. The van der Waals surface area contributed by atoms with Crippen molar-refractivity contribution in [2.24, 2.45) is 0 Å². The molecule has 2 aromatic heterocycles.